The van der Waals surface area contributed by atoms with Crippen molar-refractivity contribution in [3.05, 3.63) is 0 Å². The number of ketones is 1. The van der Waals surface area contributed by atoms with E-state index < -0.39 is 0 Å². The summed E-state index contributed by atoms with van der Waals surface area (Å²) in [6.07, 6.45) is 6.50. The molecule has 2 rings (SSSR count). The van der Waals surface area contributed by atoms with Crippen LogP contribution < -0.4 is 0 Å². The maximum Gasteiger partial charge on any atom is 0.136 e. The summed E-state index contributed by atoms with van der Waals surface area (Å²) in [4.78, 5) is 16.7. The highest BCUT2D eigenvalue weighted by molar-refractivity contribution is 5.79. The molecular weight excluding hydrogens is 200 g/mol. The van der Waals surface area contributed by atoms with Gasteiger partial charge in [0, 0.05) is 24.9 Å². The third-order valence-corrected chi connectivity index (χ3v) is 4.27. The highest BCUT2D eigenvalue weighted by Gasteiger charge is 2.27. The molecule has 2 aliphatic rings. The molecule has 0 saturated carbocycles. The molecule has 2 fully saturated rings. The van der Waals surface area contributed by atoms with E-state index in [1.54, 1.807) is 0 Å². The van der Waals surface area contributed by atoms with Gasteiger partial charge in [0.2, 0.25) is 0 Å². The van der Waals surface area contributed by atoms with Crippen molar-refractivity contribution in [2.24, 2.45) is 0 Å². The molecular formula is C13H24N2O. The van der Waals surface area contributed by atoms with Gasteiger partial charge in [-0.3, -0.25) is 4.79 Å². The van der Waals surface area contributed by atoms with Gasteiger partial charge in [0.05, 0.1) is 0 Å². The molecule has 0 aromatic rings. The summed E-state index contributed by atoms with van der Waals surface area (Å²) in [6.45, 7) is 2.34. The van der Waals surface area contributed by atoms with Gasteiger partial charge in [0.25, 0.3) is 0 Å². The Hall–Kier alpha value is -0.410. The van der Waals surface area contributed by atoms with Crippen molar-refractivity contribution in [3.63, 3.8) is 0 Å². The maximum absolute atomic E-state index is 12.0. The molecule has 3 heteroatoms. The van der Waals surface area contributed by atoms with Crippen molar-refractivity contribution < 1.29 is 4.79 Å². The standard InChI is InChI=1S/C13H24N2O/c1-14-7-3-5-11(14)9-13(16)10-12-6-4-8-15(12)2/h11-12H,3-10H2,1-2H3/t11-,12-/m0/s1. The largest absolute Gasteiger partial charge is 0.303 e. The van der Waals surface area contributed by atoms with Crippen LogP contribution in [-0.2, 0) is 4.79 Å². The zero-order valence-electron chi connectivity index (χ0n) is 10.6. The van der Waals surface area contributed by atoms with Gasteiger partial charge >= 0.3 is 0 Å². The minimum atomic E-state index is 0.470. The van der Waals surface area contributed by atoms with E-state index in [9.17, 15) is 4.79 Å². The van der Waals surface area contributed by atoms with Crippen LogP contribution in [0.1, 0.15) is 38.5 Å². The van der Waals surface area contributed by atoms with Crippen molar-refractivity contribution >= 4 is 5.78 Å². The molecule has 2 atom stereocenters. The Labute approximate surface area is 98.8 Å². The predicted octanol–water partition coefficient (Wildman–Crippen LogP) is 1.52. The summed E-state index contributed by atoms with van der Waals surface area (Å²) in [6, 6.07) is 1.05. The zero-order chi connectivity index (χ0) is 11.5. The van der Waals surface area contributed by atoms with Gasteiger partial charge in [-0.1, -0.05) is 0 Å². The van der Waals surface area contributed by atoms with E-state index >= 15 is 0 Å². The van der Waals surface area contributed by atoms with Gasteiger partial charge in [0.15, 0.2) is 0 Å². The fourth-order valence-corrected chi connectivity index (χ4v) is 3.08. The Morgan fingerprint density at radius 3 is 1.75 bits per heavy atom. The molecule has 3 nitrogen and oxygen atoms in total. The maximum atomic E-state index is 12.0. The van der Waals surface area contributed by atoms with Gasteiger partial charge < -0.3 is 9.80 Å². The number of carbonyl (C=O) groups excluding carboxylic acids is 1. The number of likely N-dealkylation sites (tertiary alicyclic amines) is 2. The molecule has 0 spiro atoms. The van der Waals surface area contributed by atoms with E-state index in [-0.39, 0.29) is 0 Å². The minimum Gasteiger partial charge on any atom is -0.303 e. The molecule has 0 bridgehead atoms. The molecule has 0 unspecified atom stereocenters. The van der Waals surface area contributed by atoms with Crippen LogP contribution in [0.15, 0.2) is 0 Å². The number of Topliss-reactive ketones (excluding diaryl/α,β-unsaturated/α-hetero) is 1. The van der Waals surface area contributed by atoms with Crippen LogP contribution in [0.25, 0.3) is 0 Å². The molecule has 0 aliphatic carbocycles. The van der Waals surface area contributed by atoms with Crippen LogP contribution in [0, 0.1) is 0 Å². The quantitative estimate of drug-likeness (QED) is 0.723. The third-order valence-electron chi connectivity index (χ3n) is 4.27. The summed E-state index contributed by atoms with van der Waals surface area (Å²) in [5, 5.41) is 0. The van der Waals surface area contributed by atoms with E-state index in [1.807, 2.05) is 0 Å². The molecule has 2 aliphatic heterocycles. The van der Waals surface area contributed by atoms with E-state index in [4.69, 9.17) is 0 Å². The summed E-state index contributed by atoms with van der Waals surface area (Å²) in [7, 11) is 4.29. The number of hydrogen-bond acceptors (Lipinski definition) is 3. The highest BCUT2D eigenvalue weighted by Crippen LogP contribution is 2.22. The summed E-state index contributed by atoms with van der Waals surface area (Å²) in [5.41, 5.74) is 0. The fourth-order valence-electron chi connectivity index (χ4n) is 3.08. The van der Waals surface area contributed by atoms with Crippen LogP contribution >= 0.6 is 0 Å². The van der Waals surface area contributed by atoms with Gasteiger partial charge in [-0.15, -0.1) is 0 Å². The molecule has 0 amide bonds. The van der Waals surface area contributed by atoms with Crippen molar-refractivity contribution in [1.82, 2.24) is 9.80 Å². The molecule has 0 aromatic heterocycles. The molecule has 0 radical (unpaired) electrons. The molecule has 2 saturated heterocycles. The summed E-state index contributed by atoms with van der Waals surface area (Å²) in [5.74, 6) is 0.470. The lowest BCUT2D eigenvalue weighted by Crippen LogP contribution is -2.31. The molecule has 92 valence electrons. The number of rotatable bonds is 4. The number of nitrogens with zero attached hydrogens (tertiary/aromatic N) is 2. The summed E-state index contributed by atoms with van der Waals surface area (Å²) < 4.78 is 0. The Morgan fingerprint density at radius 1 is 1.00 bits per heavy atom. The lowest BCUT2D eigenvalue weighted by molar-refractivity contribution is -0.120. The Morgan fingerprint density at radius 2 is 1.44 bits per heavy atom. The van der Waals surface area contributed by atoms with E-state index in [0.29, 0.717) is 17.9 Å². The van der Waals surface area contributed by atoms with Crippen LogP contribution in [0.5, 0.6) is 0 Å². The third kappa shape index (κ3) is 2.83. The summed E-state index contributed by atoms with van der Waals surface area (Å²) >= 11 is 0. The second kappa shape index (κ2) is 5.28. The van der Waals surface area contributed by atoms with Crippen LogP contribution in [0.4, 0.5) is 0 Å². The second-order valence-corrected chi connectivity index (χ2v) is 5.50. The monoisotopic (exact) mass is 224 g/mol. The van der Waals surface area contributed by atoms with E-state index in [1.165, 1.54) is 38.8 Å². The van der Waals surface area contributed by atoms with Crippen molar-refractivity contribution in [1.29, 1.82) is 0 Å². The minimum absolute atomic E-state index is 0.470. The smallest absolute Gasteiger partial charge is 0.136 e. The normalized spacial score (nSPS) is 32.4. The van der Waals surface area contributed by atoms with Crippen LogP contribution in [0.2, 0.25) is 0 Å². The second-order valence-electron chi connectivity index (χ2n) is 5.50. The topological polar surface area (TPSA) is 23.6 Å². The van der Waals surface area contributed by atoms with Crippen molar-refractivity contribution in [2.75, 3.05) is 27.2 Å². The average Bonchev–Trinajstić information content (AvgIpc) is 2.79. The first-order valence-corrected chi connectivity index (χ1v) is 6.59. The Bertz CT molecular complexity index is 230. The van der Waals surface area contributed by atoms with Gasteiger partial charge in [-0.2, -0.15) is 0 Å². The molecule has 2 heterocycles. The first-order valence-electron chi connectivity index (χ1n) is 6.59. The lowest BCUT2D eigenvalue weighted by atomic mass is 10.0. The fraction of sp³-hybridized carbons (Fsp3) is 0.923. The van der Waals surface area contributed by atoms with Crippen LogP contribution in [-0.4, -0.2) is 54.9 Å². The highest BCUT2D eigenvalue weighted by atomic mass is 16.1. The van der Waals surface area contributed by atoms with Gasteiger partial charge in [-0.25, -0.2) is 0 Å². The lowest BCUT2D eigenvalue weighted by Gasteiger charge is -2.21. The SMILES string of the molecule is CN1CCC[C@H]1CC(=O)C[C@@H]1CCCN1C. The molecule has 0 N–H and O–H groups in total. The zero-order valence-corrected chi connectivity index (χ0v) is 10.6. The van der Waals surface area contributed by atoms with Gasteiger partial charge in [0.1, 0.15) is 5.78 Å². The number of carbonyl (C=O) groups is 1. The number of hydrogen-bond donors (Lipinski definition) is 0. The van der Waals surface area contributed by atoms with Crippen molar-refractivity contribution in [3.8, 4) is 0 Å². The van der Waals surface area contributed by atoms with E-state index in [0.717, 1.165) is 12.8 Å². The average molecular weight is 224 g/mol. The Kier molecular flexibility index (Phi) is 3.98. The van der Waals surface area contributed by atoms with E-state index in [2.05, 4.69) is 23.9 Å². The first kappa shape index (κ1) is 12.1. The molecule has 0 aromatic carbocycles. The van der Waals surface area contributed by atoms with Crippen LogP contribution in [0.3, 0.4) is 0 Å². The predicted molar refractivity (Wildman–Crippen MR) is 65.5 cm³/mol. The first-order chi connectivity index (χ1) is 7.66. The molecule has 16 heavy (non-hydrogen) atoms. The van der Waals surface area contributed by atoms with Gasteiger partial charge in [-0.05, 0) is 52.9 Å². The Balaban J connectivity index is 1.75. The van der Waals surface area contributed by atoms with Crippen molar-refractivity contribution in [2.45, 2.75) is 50.6 Å².